The van der Waals surface area contributed by atoms with Crippen molar-refractivity contribution in [2.75, 3.05) is 12.4 Å². The quantitative estimate of drug-likeness (QED) is 0.458. The number of hydrogen-bond donors (Lipinski definition) is 0. The molecule has 1 aliphatic carbocycles. The maximum Gasteiger partial charge on any atom is 0.321 e. The molecule has 0 aromatic rings. The van der Waals surface area contributed by atoms with E-state index in [1.165, 1.54) is 12.8 Å². The van der Waals surface area contributed by atoms with Crippen molar-refractivity contribution in [3.63, 3.8) is 0 Å². The fraction of sp³-hybridized carbons (Fsp3) is 0.846. The third kappa shape index (κ3) is 4.71. The van der Waals surface area contributed by atoms with Crippen LogP contribution in [0.3, 0.4) is 0 Å². The lowest BCUT2D eigenvalue weighted by Crippen LogP contribution is -2.13. The summed E-state index contributed by atoms with van der Waals surface area (Å²) >= 11 is 8.86. The number of oxime groups is 1. The zero-order chi connectivity index (χ0) is 15.3. The van der Waals surface area contributed by atoms with Crippen molar-refractivity contribution in [2.24, 2.45) is 10.1 Å². The molecule has 0 radical (unpaired) electrons. The van der Waals surface area contributed by atoms with Crippen LogP contribution in [0.1, 0.15) is 52.9 Å². The summed E-state index contributed by atoms with van der Waals surface area (Å²) in [4.78, 5) is 4.83. The molecule has 2 aliphatic rings. The van der Waals surface area contributed by atoms with Crippen molar-refractivity contribution in [1.29, 1.82) is 0 Å². The average Bonchev–Trinajstić information content (AvgIpc) is 3.02. The molecule has 1 saturated carbocycles. The van der Waals surface area contributed by atoms with Crippen LogP contribution in [0.25, 0.3) is 0 Å². The Morgan fingerprint density at radius 2 is 2.14 bits per heavy atom. The molecule has 0 aromatic carbocycles. The van der Waals surface area contributed by atoms with E-state index in [2.05, 4.69) is 12.1 Å². The molecule has 0 bridgehead atoms. The molecular formula is C13H23N2O2PS3. The van der Waals surface area contributed by atoms with E-state index in [1.54, 1.807) is 23.1 Å². The first-order valence-corrected chi connectivity index (χ1v) is 12.5. The van der Waals surface area contributed by atoms with Gasteiger partial charge in [0.1, 0.15) is 4.87 Å². The van der Waals surface area contributed by atoms with Crippen LogP contribution in [0.15, 0.2) is 10.1 Å². The standard InChI is InChI=1S/C13H23N2O2PS3/c1-4-10-20-18(19,16-5-2)17-15-12-11(3)14-13(21-12)8-6-7-9-13/h4-10H2,1-3H3. The Kier molecular flexibility index (Phi) is 6.63. The van der Waals surface area contributed by atoms with E-state index in [0.717, 1.165) is 35.8 Å². The molecule has 4 nitrogen and oxygen atoms in total. The number of hydrogen-bond acceptors (Lipinski definition) is 7. The molecule has 0 N–H and O–H groups in total. The van der Waals surface area contributed by atoms with Crippen LogP contribution >= 0.6 is 28.8 Å². The van der Waals surface area contributed by atoms with Gasteiger partial charge in [-0.15, -0.1) is 0 Å². The Morgan fingerprint density at radius 3 is 2.76 bits per heavy atom. The predicted octanol–water partition coefficient (Wildman–Crippen LogP) is 5.20. The summed E-state index contributed by atoms with van der Waals surface area (Å²) in [5, 5.41) is 5.19. The lowest BCUT2D eigenvalue weighted by molar-refractivity contribution is 0.281. The van der Waals surface area contributed by atoms with Gasteiger partial charge in [-0.25, -0.2) is 0 Å². The average molecular weight is 367 g/mol. The van der Waals surface area contributed by atoms with Crippen LogP contribution < -0.4 is 0 Å². The smallest absolute Gasteiger partial charge is 0.321 e. The highest BCUT2D eigenvalue weighted by Gasteiger charge is 2.41. The number of nitrogens with zero attached hydrogens (tertiary/aromatic N) is 2. The molecule has 1 atom stereocenters. The lowest BCUT2D eigenvalue weighted by Gasteiger charge is -2.18. The summed E-state index contributed by atoms with van der Waals surface area (Å²) in [5.74, 6) is 0.937. The molecule has 1 spiro atoms. The first kappa shape index (κ1) is 17.8. The van der Waals surface area contributed by atoms with Gasteiger partial charge < -0.3 is 9.15 Å². The fourth-order valence-corrected chi connectivity index (χ4v) is 7.91. The Hall–Kier alpha value is 0.450. The Morgan fingerprint density at radius 1 is 1.43 bits per heavy atom. The van der Waals surface area contributed by atoms with Crippen molar-refractivity contribution < 1.29 is 9.15 Å². The zero-order valence-electron chi connectivity index (χ0n) is 12.8. The molecule has 1 unspecified atom stereocenters. The van der Waals surface area contributed by atoms with Gasteiger partial charge in [0.25, 0.3) is 0 Å². The molecule has 1 heterocycles. The van der Waals surface area contributed by atoms with Gasteiger partial charge in [-0.3, -0.25) is 4.99 Å². The molecule has 2 rings (SSSR count). The van der Waals surface area contributed by atoms with Crippen molar-refractivity contribution >= 4 is 51.4 Å². The first-order valence-electron chi connectivity index (χ1n) is 7.44. The molecule has 1 fully saturated rings. The summed E-state index contributed by atoms with van der Waals surface area (Å²) in [6.07, 6.45) is 5.83. The fourth-order valence-electron chi connectivity index (χ4n) is 2.39. The molecule has 1 aliphatic heterocycles. The van der Waals surface area contributed by atoms with Crippen molar-refractivity contribution in [3.8, 4) is 0 Å². The van der Waals surface area contributed by atoms with Crippen LogP contribution in [-0.2, 0) is 21.0 Å². The summed E-state index contributed by atoms with van der Waals surface area (Å²) in [6.45, 7) is 6.63. The third-order valence-electron chi connectivity index (χ3n) is 3.32. The van der Waals surface area contributed by atoms with Crippen LogP contribution in [0.5, 0.6) is 0 Å². The summed E-state index contributed by atoms with van der Waals surface area (Å²) in [5.41, 5.74) is -1.39. The third-order valence-corrected chi connectivity index (χ3v) is 10.0. The van der Waals surface area contributed by atoms with Crippen LogP contribution in [0, 0.1) is 0 Å². The molecule has 0 amide bonds. The first-order chi connectivity index (χ1) is 10.0. The Labute approximate surface area is 140 Å². The van der Waals surface area contributed by atoms with Gasteiger partial charge in [-0.05, 0) is 44.9 Å². The van der Waals surface area contributed by atoms with Gasteiger partial charge in [-0.2, -0.15) is 0 Å². The van der Waals surface area contributed by atoms with Crippen molar-refractivity contribution in [3.05, 3.63) is 0 Å². The molecule has 8 heteroatoms. The highest BCUT2D eigenvalue weighted by Crippen LogP contribution is 2.61. The molecule has 21 heavy (non-hydrogen) atoms. The number of rotatable bonds is 7. The second kappa shape index (κ2) is 7.82. The summed E-state index contributed by atoms with van der Waals surface area (Å²) < 4.78 is 11.3. The molecular weight excluding hydrogens is 343 g/mol. The van der Waals surface area contributed by atoms with Crippen molar-refractivity contribution in [1.82, 2.24) is 0 Å². The van der Waals surface area contributed by atoms with Crippen molar-refractivity contribution in [2.45, 2.75) is 57.7 Å². The molecule has 0 saturated heterocycles. The maximum atomic E-state index is 5.68. The second-order valence-electron chi connectivity index (χ2n) is 5.13. The van der Waals surface area contributed by atoms with Gasteiger partial charge in [0, 0.05) is 5.75 Å². The highest BCUT2D eigenvalue weighted by atomic mass is 32.9. The number of aliphatic imine (C=N–C) groups is 1. The SMILES string of the molecule is CCCSP(=S)(OCC)ON=C1SC2(CCCC2)N=C1C. The van der Waals surface area contributed by atoms with E-state index >= 15 is 0 Å². The highest BCUT2D eigenvalue weighted by molar-refractivity contribution is 8.67. The molecule has 120 valence electrons. The van der Waals surface area contributed by atoms with Crippen LogP contribution in [0.4, 0.5) is 0 Å². The predicted molar refractivity (Wildman–Crippen MR) is 99.1 cm³/mol. The van der Waals surface area contributed by atoms with Gasteiger partial charge >= 0.3 is 5.69 Å². The van der Waals surface area contributed by atoms with Gasteiger partial charge in [0.05, 0.1) is 12.3 Å². The zero-order valence-corrected chi connectivity index (χ0v) is 16.2. The minimum absolute atomic E-state index is 0.0248. The van der Waals surface area contributed by atoms with Gasteiger partial charge in [0.15, 0.2) is 5.04 Å². The topological polar surface area (TPSA) is 43.2 Å². The van der Waals surface area contributed by atoms with Gasteiger partial charge in [0.2, 0.25) is 0 Å². The van der Waals surface area contributed by atoms with E-state index in [4.69, 9.17) is 25.9 Å². The minimum atomic E-state index is -2.36. The second-order valence-corrected chi connectivity index (χ2v) is 12.8. The minimum Gasteiger partial charge on any atom is -0.328 e. The van der Waals surface area contributed by atoms with Crippen LogP contribution in [-0.4, -0.2) is 28.0 Å². The summed E-state index contributed by atoms with van der Waals surface area (Å²) in [7, 11) is 0. The molecule has 0 aromatic heterocycles. The van der Waals surface area contributed by atoms with E-state index < -0.39 is 5.69 Å². The Balaban J connectivity index is 2.02. The van der Waals surface area contributed by atoms with E-state index in [9.17, 15) is 0 Å². The number of thioether (sulfide) groups is 1. The van der Waals surface area contributed by atoms with Gasteiger partial charge in [-0.1, -0.05) is 48.1 Å². The Bertz CT molecular complexity index is 476. The van der Waals surface area contributed by atoms with E-state index in [0.29, 0.717) is 6.61 Å². The van der Waals surface area contributed by atoms with E-state index in [-0.39, 0.29) is 4.87 Å². The largest absolute Gasteiger partial charge is 0.328 e. The maximum absolute atomic E-state index is 5.68. The van der Waals surface area contributed by atoms with Crippen LogP contribution in [0.2, 0.25) is 0 Å². The normalized spacial score (nSPS) is 25.3. The summed E-state index contributed by atoms with van der Waals surface area (Å²) in [6, 6.07) is 0. The monoisotopic (exact) mass is 366 g/mol. The lowest BCUT2D eigenvalue weighted by atomic mass is 10.2. The van der Waals surface area contributed by atoms with E-state index in [1.807, 2.05) is 13.8 Å².